The minimum absolute atomic E-state index is 0.597. The Morgan fingerprint density at radius 1 is 0.844 bits per heavy atom. The lowest BCUT2D eigenvalue weighted by Gasteiger charge is -2.23. The fourth-order valence-electron chi connectivity index (χ4n) is 3.84. The number of hydrogen-bond acceptors (Lipinski definition) is 5. The molecule has 5 rings (SSSR count). The van der Waals surface area contributed by atoms with Crippen molar-refractivity contribution >= 4 is 66.9 Å². The smallest absolute Gasteiger partial charge is 0.173 e. The summed E-state index contributed by atoms with van der Waals surface area (Å²) in [5, 5.41) is 5.91. The Balaban J connectivity index is 1.66. The van der Waals surface area contributed by atoms with E-state index >= 15 is 0 Å². The van der Waals surface area contributed by atoms with Crippen LogP contribution in [0.2, 0.25) is 0 Å². The van der Waals surface area contributed by atoms with Crippen molar-refractivity contribution in [3.05, 3.63) is 80.2 Å². The Hall–Kier alpha value is -3.97. The van der Waals surface area contributed by atoms with Crippen LogP contribution in [0.15, 0.2) is 80.2 Å². The number of nitrogens with zero attached hydrogens (tertiary/aromatic N) is 5. The Morgan fingerprint density at radius 2 is 1.44 bits per heavy atom. The Kier molecular flexibility index (Phi) is 5.17. The molecule has 0 atom stereocenters. The molecule has 7 heteroatoms. The molecule has 5 aromatic rings. The summed E-state index contributed by atoms with van der Waals surface area (Å²) in [7, 11) is 0. The molecule has 0 fully saturated rings. The quantitative estimate of drug-likeness (QED) is 0.175. The zero-order valence-electron chi connectivity index (χ0n) is 17.3. The second-order valence-corrected chi connectivity index (χ2v) is 7.72. The van der Waals surface area contributed by atoms with E-state index in [0.717, 1.165) is 49.6 Å². The maximum Gasteiger partial charge on any atom is 0.173 e. The lowest BCUT2D eigenvalue weighted by atomic mass is 10.1. The minimum Gasteiger partial charge on any atom is -0.342 e. The number of benzene rings is 2. The fraction of sp³-hybridized carbons (Fsp3) is 0.0800. The Bertz CT molecular complexity index is 1520. The van der Waals surface area contributed by atoms with E-state index in [4.69, 9.17) is 22.2 Å². The van der Waals surface area contributed by atoms with Crippen molar-refractivity contribution in [1.82, 2.24) is 24.8 Å². The lowest BCUT2D eigenvalue weighted by Crippen LogP contribution is -2.34. The van der Waals surface area contributed by atoms with Gasteiger partial charge in [-0.2, -0.15) is 0 Å². The third kappa shape index (κ3) is 3.42. The molecule has 0 unspecified atom stereocenters. The predicted molar refractivity (Wildman–Crippen MR) is 136 cm³/mol. The highest BCUT2D eigenvalue weighted by atomic mass is 32.1. The maximum atomic E-state index is 5.57. The van der Waals surface area contributed by atoms with Gasteiger partial charge < -0.3 is 10.2 Å². The van der Waals surface area contributed by atoms with Crippen LogP contribution in [0.3, 0.4) is 0 Å². The third-order valence-corrected chi connectivity index (χ3v) is 5.62. The van der Waals surface area contributed by atoms with Crippen LogP contribution in [-0.2, 0) is 0 Å². The largest absolute Gasteiger partial charge is 0.342 e. The molecule has 2 aromatic carbocycles. The minimum atomic E-state index is 0.597. The molecule has 32 heavy (non-hydrogen) atoms. The monoisotopic (exact) mass is 436 g/mol. The van der Waals surface area contributed by atoms with Crippen molar-refractivity contribution in [2.75, 3.05) is 18.4 Å². The molecule has 156 valence electrons. The maximum absolute atomic E-state index is 5.57. The predicted octanol–water partition coefficient (Wildman–Crippen LogP) is 5.25. The summed E-state index contributed by atoms with van der Waals surface area (Å²) in [5.74, 6) is 0. The van der Waals surface area contributed by atoms with Crippen LogP contribution >= 0.6 is 12.2 Å². The van der Waals surface area contributed by atoms with Gasteiger partial charge in [0, 0.05) is 41.9 Å². The van der Waals surface area contributed by atoms with Gasteiger partial charge in [0.25, 0.3) is 0 Å². The number of pyridine rings is 2. The van der Waals surface area contributed by atoms with Crippen LogP contribution in [0, 0.1) is 0 Å². The van der Waals surface area contributed by atoms with Gasteiger partial charge in [0.05, 0.1) is 22.1 Å². The van der Waals surface area contributed by atoms with Crippen molar-refractivity contribution in [2.45, 2.75) is 0 Å². The van der Waals surface area contributed by atoms with Crippen molar-refractivity contribution in [2.24, 2.45) is 0 Å². The summed E-state index contributed by atoms with van der Waals surface area (Å²) in [6.07, 6.45) is 7.18. The molecular weight excluding hydrogens is 416 g/mol. The molecule has 6 nitrogen and oxygen atoms in total. The normalized spacial score (nSPS) is 11.1. The van der Waals surface area contributed by atoms with E-state index in [1.54, 1.807) is 12.4 Å². The third-order valence-electron chi connectivity index (χ3n) is 5.26. The van der Waals surface area contributed by atoms with Crippen LogP contribution < -0.4 is 5.32 Å². The average molecular weight is 437 g/mol. The molecule has 0 aliphatic carbocycles. The van der Waals surface area contributed by atoms with E-state index in [1.807, 2.05) is 59.5 Å². The van der Waals surface area contributed by atoms with Gasteiger partial charge >= 0.3 is 0 Å². The summed E-state index contributed by atoms with van der Waals surface area (Å²) in [5.41, 5.74) is 5.50. The number of thiocarbonyl (C=S) groups is 1. The molecule has 3 aromatic heterocycles. The Labute approximate surface area is 190 Å². The molecule has 0 saturated carbocycles. The molecule has 0 aliphatic heterocycles. The molecule has 0 spiro atoms. The molecule has 3 heterocycles. The van der Waals surface area contributed by atoms with Gasteiger partial charge in [-0.3, -0.25) is 9.97 Å². The number of hydrogen-bond donors (Lipinski definition) is 1. The second kappa shape index (κ2) is 8.28. The first-order chi connectivity index (χ1) is 15.7. The first-order valence-electron chi connectivity index (χ1n) is 10.2. The van der Waals surface area contributed by atoms with Crippen LogP contribution in [-0.4, -0.2) is 43.0 Å². The summed E-state index contributed by atoms with van der Waals surface area (Å²) < 4.78 is 0. The lowest BCUT2D eigenvalue weighted by molar-refractivity contribution is 0.522. The van der Waals surface area contributed by atoms with Crippen molar-refractivity contribution < 1.29 is 0 Å². The molecular formula is C25H20N6S. The SMILES string of the molecule is C=CCN(CC=C)C(=S)Nc1ccc2nc3c4ncccc4c4cccnc4c3nc2c1. The summed E-state index contributed by atoms with van der Waals surface area (Å²) in [6.45, 7) is 8.86. The zero-order valence-corrected chi connectivity index (χ0v) is 18.1. The molecule has 1 N–H and O–H groups in total. The van der Waals surface area contributed by atoms with Crippen LogP contribution in [0.4, 0.5) is 5.69 Å². The Morgan fingerprint density at radius 3 is 2.03 bits per heavy atom. The van der Waals surface area contributed by atoms with E-state index in [9.17, 15) is 0 Å². The molecule has 0 radical (unpaired) electrons. The molecule has 0 aliphatic rings. The van der Waals surface area contributed by atoms with Gasteiger partial charge in [-0.15, -0.1) is 13.2 Å². The van der Waals surface area contributed by atoms with Gasteiger partial charge in [0.2, 0.25) is 0 Å². The van der Waals surface area contributed by atoms with E-state index < -0.39 is 0 Å². The van der Waals surface area contributed by atoms with Gasteiger partial charge in [-0.05, 0) is 42.5 Å². The highest BCUT2D eigenvalue weighted by Crippen LogP contribution is 2.32. The summed E-state index contributed by atoms with van der Waals surface area (Å²) in [4.78, 5) is 21.0. The number of rotatable bonds is 5. The van der Waals surface area contributed by atoms with Crippen molar-refractivity contribution in [1.29, 1.82) is 0 Å². The fourth-order valence-corrected chi connectivity index (χ4v) is 4.11. The van der Waals surface area contributed by atoms with Gasteiger partial charge in [0.1, 0.15) is 11.0 Å². The van der Waals surface area contributed by atoms with Crippen LogP contribution in [0.5, 0.6) is 0 Å². The average Bonchev–Trinajstić information content (AvgIpc) is 2.83. The number of nitrogens with one attached hydrogen (secondary N) is 1. The first kappa shape index (κ1) is 20.0. The number of anilines is 1. The highest BCUT2D eigenvalue weighted by Gasteiger charge is 2.14. The van der Waals surface area contributed by atoms with Gasteiger partial charge in [-0.25, -0.2) is 9.97 Å². The zero-order chi connectivity index (χ0) is 22.1. The van der Waals surface area contributed by atoms with Gasteiger partial charge in [-0.1, -0.05) is 24.3 Å². The number of fused-ring (bicyclic) bond motifs is 7. The van der Waals surface area contributed by atoms with Crippen LogP contribution in [0.1, 0.15) is 0 Å². The molecule has 0 amide bonds. The topological polar surface area (TPSA) is 66.8 Å². The van der Waals surface area contributed by atoms with Gasteiger partial charge in [0.15, 0.2) is 5.11 Å². The van der Waals surface area contributed by atoms with Crippen molar-refractivity contribution in [3.8, 4) is 0 Å². The standard InChI is InChI=1S/C25H20N6S/c1-3-13-31(14-4-2)25(32)28-16-9-10-19-20(15-16)30-24-22-18(8-6-12-27-22)17-7-5-11-26-21(17)23(24)29-19/h3-12,15H,1-2,13-14H2,(H,28,32). The van der Waals surface area contributed by atoms with Crippen LogP contribution in [0.25, 0.3) is 43.9 Å². The van der Waals surface area contributed by atoms with E-state index in [0.29, 0.717) is 18.2 Å². The first-order valence-corrected chi connectivity index (χ1v) is 10.6. The molecule has 0 bridgehead atoms. The summed E-state index contributed by atoms with van der Waals surface area (Å²) >= 11 is 5.57. The van der Waals surface area contributed by atoms with E-state index in [-0.39, 0.29) is 0 Å². The van der Waals surface area contributed by atoms with E-state index in [2.05, 4.69) is 28.4 Å². The number of aromatic nitrogens is 4. The highest BCUT2D eigenvalue weighted by molar-refractivity contribution is 7.80. The summed E-state index contributed by atoms with van der Waals surface area (Å²) in [6, 6.07) is 13.8. The van der Waals surface area contributed by atoms with E-state index in [1.165, 1.54) is 0 Å². The van der Waals surface area contributed by atoms with Crippen molar-refractivity contribution in [3.63, 3.8) is 0 Å². The second-order valence-electron chi connectivity index (χ2n) is 7.34. The molecule has 0 saturated heterocycles.